The van der Waals surface area contributed by atoms with Crippen molar-refractivity contribution in [1.29, 1.82) is 0 Å². The second kappa shape index (κ2) is 12.3. The van der Waals surface area contributed by atoms with Crippen molar-refractivity contribution in [3.63, 3.8) is 0 Å². The molecule has 2 aliphatic heterocycles. The van der Waals surface area contributed by atoms with Crippen molar-refractivity contribution in [2.45, 2.75) is 39.2 Å². The summed E-state index contributed by atoms with van der Waals surface area (Å²) in [4.78, 5) is 14.7. The SMILES string of the molecule is CCC(CC)C(CNC(=O)C1CCNC1)N1CCOCC1.Cl.Cl. The van der Waals surface area contributed by atoms with Crippen LogP contribution >= 0.6 is 24.8 Å². The minimum absolute atomic E-state index is 0. The Bertz CT molecular complexity index is 318. The Hall–Kier alpha value is -0.0700. The number of carbonyl (C=O) groups excluding carboxylic acids is 1. The molecule has 0 spiro atoms. The second-order valence-electron chi connectivity index (χ2n) is 6.23. The predicted molar refractivity (Wildman–Crippen MR) is 98.7 cm³/mol. The molecule has 5 nitrogen and oxygen atoms in total. The van der Waals surface area contributed by atoms with Crippen LogP contribution in [0.5, 0.6) is 0 Å². The molecule has 0 aromatic heterocycles. The molecule has 138 valence electrons. The van der Waals surface area contributed by atoms with Gasteiger partial charge in [0.25, 0.3) is 0 Å². The molecule has 2 aliphatic rings. The lowest BCUT2D eigenvalue weighted by atomic mass is 9.92. The minimum Gasteiger partial charge on any atom is -0.379 e. The minimum atomic E-state index is 0. The highest BCUT2D eigenvalue weighted by atomic mass is 35.5. The molecule has 2 rings (SSSR count). The van der Waals surface area contributed by atoms with Crippen LogP contribution in [-0.4, -0.2) is 62.8 Å². The summed E-state index contributed by atoms with van der Waals surface area (Å²) < 4.78 is 5.47. The van der Waals surface area contributed by atoms with E-state index in [9.17, 15) is 4.79 Å². The molecule has 2 atom stereocenters. The fourth-order valence-corrected chi connectivity index (χ4v) is 3.56. The topological polar surface area (TPSA) is 53.6 Å². The van der Waals surface area contributed by atoms with E-state index in [1.165, 1.54) is 12.8 Å². The van der Waals surface area contributed by atoms with Crippen LogP contribution in [0.3, 0.4) is 0 Å². The van der Waals surface area contributed by atoms with E-state index in [4.69, 9.17) is 4.74 Å². The Kier molecular flexibility index (Phi) is 12.3. The Morgan fingerprint density at radius 3 is 2.43 bits per heavy atom. The van der Waals surface area contributed by atoms with Crippen LogP contribution in [-0.2, 0) is 9.53 Å². The maximum Gasteiger partial charge on any atom is 0.224 e. The summed E-state index contributed by atoms with van der Waals surface area (Å²) in [6.07, 6.45) is 3.30. The van der Waals surface area contributed by atoms with Crippen molar-refractivity contribution in [3.8, 4) is 0 Å². The van der Waals surface area contributed by atoms with Gasteiger partial charge < -0.3 is 15.4 Å². The highest BCUT2D eigenvalue weighted by molar-refractivity contribution is 5.85. The smallest absolute Gasteiger partial charge is 0.224 e. The number of morpholine rings is 1. The summed E-state index contributed by atoms with van der Waals surface area (Å²) in [5.74, 6) is 1.03. The van der Waals surface area contributed by atoms with E-state index in [2.05, 4.69) is 29.4 Å². The number of nitrogens with zero attached hydrogens (tertiary/aromatic N) is 1. The zero-order valence-corrected chi connectivity index (χ0v) is 16.0. The van der Waals surface area contributed by atoms with E-state index in [0.29, 0.717) is 12.0 Å². The van der Waals surface area contributed by atoms with E-state index >= 15 is 0 Å². The monoisotopic (exact) mass is 369 g/mol. The first-order valence-electron chi connectivity index (χ1n) is 8.56. The van der Waals surface area contributed by atoms with E-state index in [1.807, 2.05) is 0 Å². The molecule has 0 radical (unpaired) electrons. The maximum absolute atomic E-state index is 12.2. The van der Waals surface area contributed by atoms with Gasteiger partial charge in [0.05, 0.1) is 19.1 Å². The zero-order valence-electron chi connectivity index (χ0n) is 14.4. The van der Waals surface area contributed by atoms with Crippen LogP contribution in [0.15, 0.2) is 0 Å². The van der Waals surface area contributed by atoms with Crippen LogP contribution in [0.25, 0.3) is 0 Å². The Balaban J connectivity index is 0.00000242. The molecule has 2 fully saturated rings. The van der Waals surface area contributed by atoms with Gasteiger partial charge in [0, 0.05) is 32.2 Å². The quantitative estimate of drug-likeness (QED) is 0.716. The third-order valence-electron chi connectivity index (χ3n) is 5.02. The number of carbonyl (C=O) groups is 1. The summed E-state index contributed by atoms with van der Waals surface area (Å²) in [5, 5.41) is 6.47. The molecule has 2 heterocycles. The second-order valence-corrected chi connectivity index (χ2v) is 6.23. The molecule has 23 heavy (non-hydrogen) atoms. The number of nitrogens with one attached hydrogen (secondary N) is 2. The summed E-state index contributed by atoms with van der Waals surface area (Å²) in [5.41, 5.74) is 0. The fourth-order valence-electron chi connectivity index (χ4n) is 3.56. The average molecular weight is 370 g/mol. The Morgan fingerprint density at radius 2 is 1.91 bits per heavy atom. The summed E-state index contributed by atoms with van der Waals surface area (Å²) in [7, 11) is 0. The van der Waals surface area contributed by atoms with Crippen molar-refractivity contribution < 1.29 is 9.53 Å². The van der Waals surface area contributed by atoms with Crippen LogP contribution < -0.4 is 10.6 Å². The molecular weight excluding hydrogens is 337 g/mol. The highest BCUT2D eigenvalue weighted by Crippen LogP contribution is 2.20. The van der Waals surface area contributed by atoms with Crippen molar-refractivity contribution in [1.82, 2.24) is 15.5 Å². The molecule has 2 saturated heterocycles. The third-order valence-corrected chi connectivity index (χ3v) is 5.02. The molecule has 2 unspecified atom stereocenters. The van der Waals surface area contributed by atoms with E-state index in [-0.39, 0.29) is 36.6 Å². The lowest BCUT2D eigenvalue weighted by Gasteiger charge is -2.39. The Labute approximate surface area is 153 Å². The lowest BCUT2D eigenvalue weighted by molar-refractivity contribution is -0.124. The van der Waals surface area contributed by atoms with Gasteiger partial charge in [-0.05, 0) is 18.9 Å². The third kappa shape index (κ3) is 6.75. The van der Waals surface area contributed by atoms with Gasteiger partial charge in [0.2, 0.25) is 5.91 Å². The molecule has 1 amide bonds. The van der Waals surface area contributed by atoms with Crippen molar-refractivity contribution >= 4 is 30.7 Å². The maximum atomic E-state index is 12.2. The summed E-state index contributed by atoms with van der Waals surface area (Å²) >= 11 is 0. The van der Waals surface area contributed by atoms with Gasteiger partial charge in [0.15, 0.2) is 0 Å². The molecule has 0 saturated carbocycles. The van der Waals surface area contributed by atoms with E-state index < -0.39 is 0 Å². The first-order chi connectivity index (χ1) is 10.3. The standard InChI is InChI=1S/C16H31N3O2.2ClH/c1-3-13(4-2)15(19-7-9-21-10-8-19)12-18-16(20)14-5-6-17-11-14;;/h13-15,17H,3-12H2,1-2H3,(H,18,20);2*1H. The largest absolute Gasteiger partial charge is 0.379 e. The molecule has 0 aromatic rings. The number of hydrogen-bond donors (Lipinski definition) is 2. The molecule has 7 heteroatoms. The molecular formula is C16H33Cl2N3O2. The van der Waals surface area contributed by atoms with Crippen LogP contribution in [0.1, 0.15) is 33.1 Å². The fraction of sp³-hybridized carbons (Fsp3) is 0.938. The molecule has 0 aromatic carbocycles. The highest BCUT2D eigenvalue weighted by Gasteiger charge is 2.29. The number of amides is 1. The van der Waals surface area contributed by atoms with Gasteiger partial charge in [-0.2, -0.15) is 0 Å². The van der Waals surface area contributed by atoms with Gasteiger partial charge in [-0.1, -0.05) is 26.7 Å². The molecule has 0 aliphatic carbocycles. The zero-order chi connectivity index (χ0) is 15.1. The van der Waals surface area contributed by atoms with Crippen molar-refractivity contribution in [3.05, 3.63) is 0 Å². The van der Waals surface area contributed by atoms with Gasteiger partial charge in [-0.25, -0.2) is 0 Å². The van der Waals surface area contributed by atoms with Crippen LogP contribution in [0.4, 0.5) is 0 Å². The number of rotatable bonds is 7. The van der Waals surface area contributed by atoms with Gasteiger partial charge >= 0.3 is 0 Å². The van der Waals surface area contributed by atoms with Gasteiger partial charge in [-0.3, -0.25) is 9.69 Å². The van der Waals surface area contributed by atoms with Crippen molar-refractivity contribution in [2.75, 3.05) is 45.9 Å². The van der Waals surface area contributed by atoms with Gasteiger partial charge in [0.1, 0.15) is 0 Å². The Morgan fingerprint density at radius 1 is 1.26 bits per heavy atom. The van der Waals surface area contributed by atoms with E-state index in [0.717, 1.165) is 52.4 Å². The number of halogens is 2. The number of hydrogen-bond acceptors (Lipinski definition) is 4. The lowest BCUT2D eigenvalue weighted by Crippen LogP contribution is -2.52. The first kappa shape index (κ1) is 22.9. The van der Waals surface area contributed by atoms with Gasteiger partial charge in [-0.15, -0.1) is 24.8 Å². The average Bonchev–Trinajstić information content (AvgIpc) is 3.06. The predicted octanol–water partition coefficient (Wildman–Crippen LogP) is 1.69. The molecule has 0 bridgehead atoms. The van der Waals surface area contributed by atoms with Crippen molar-refractivity contribution in [2.24, 2.45) is 11.8 Å². The number of ether oxygens (including phenoxy) is 1. The summed E-state index contributed by atoms with van der Waals surface area (Å²) in [6.45, 7) is 10.7. The first-order valence-corrected chi connectivity index (χ1v) is 8.56. The normalized spacial score (nSPS) is 23.0. The molecule has 2 N–H and O–H groups in total. The summed E-state index contributed by atoms with van der Waals surface area (Å²) in [6, 6.07) is 0.446. The van der Waals surface area contributed by atoms with Crippen LogP contribution in [0.2, 0.25) is 0 Å². The van der Waals surface area contributed by atoms with E-state index in [1.54, 1.807) is 0 Å². The van der Waals surface area contributed by atoms with Crippen LogP contribution in [0, 0.1) is 11.8 Å².